The fourth-order valence-corrected chi connectivity index (χ4v) is 1.28. The smallest absolute Gasteiger partial charge is 0.149 e. The predicted octanol–water partition coefficient (Wildman–Crippen LogP) is 0.506. The third kappa shape index (κ3) is 3.50. The van der Waals surface area contributed by atoms with E-state index in [1.54, 1.807) is 0 Å². The second kappa shape index (κ2) is 4.91. The number of hydrogen-bond acceptors (Lipinski definition) is 4. The average Bonchev–Trinajstić information content (AvgIpc) is 2.56. The summed E-state index contributed by atoms with van der Waals surface area (Å²) in [5, 5.41) is 13.5. The lowest BCUT2D eigenvalue weighted by Crippen LogP contribution is -2.25. The Morgan fingerprint density at radius 1 is 1.54 bits per heavy atom. The molecule has 0 bridgehead atoms. The van der Waals surface area contributed by atoms with Crippen molar-refractivity contribution in [1.29, 1.82) is 0 Å². The molecule has 0 radical (unpaired) electrons. The Labute approximate surface area is 78.1 Å². The van der Waals surface area contributed by atoms with E-state index in [9.17, 15) is 0 Å². The largest absolute Gasteiger partial charge is 0.327 e. The quantitative estimate of drug-likeness (QED) is 0.696. The van der Waals surface area contributed by atoms with Crippen molar-refractivity contribution in [2.75, 3.05) is 0 Å². The topological polar surface area (TPSA) is 80.5 Å². The van der Waals surface area contributed by atoms with E-state index < -0.39 is 0 Å². The van der Waals surface area contributed by atoms with Gasteiger partial charge < -0.3 is 5.73 Å². The van der Waals surface area contributed by atoms with E-state index in [1.807, 2.05) is 0 Å². The molecule has 2 atom stereocenters. The maximum atomic E-state index is 5.93. The summed E-state index contributed by atoms with van der Waals surface area (Å²) in [6.45, 7) is 4.38. The molecule has 0 fully saturated rings. The molecule has 0 aliphatic rings. The summed E-state index contributed by atoms with van der Waals surface area (Å²) in [4.78, 5) is 0. The van der Waals surface area contributed by atoms with Crippen LogP contribution >= 0.6 is 0 Å². The fraction of sp³-hybridized carbons (Fsp3) is 0.875. The molecule has 0 saturated heterocycles. The van der Waals surface area contributed by atoms with Crippen LogP contribution in [0.2, 0.25) is 0 Å². The summed E-state index contributed by atoms with van der Waals surface area (Å²) in [5.41, 5.74) is 5.93. The Morgan fingerprint density at radius 3 is 2.85 bits per heavy atom. The molecule has 0 aliphatic heterocycles. The molecule has 0 saturated carbocycles. The van der Waals surface area contributed by atoms with Gasteiger partial charge in [0.2, 0.25) is 0 Å². The maximum absolute atomic E-state index is 5.93. The van der Waals surface area contributed by atoms with Crippen LogP contribution in [0.3, 0.4) is 0 Å². The SMILES string of the molecule is CCC(C)CC(N)Cc1nnn[nH]1. The average molecular weight is 183 g/mol. The normalized spacial score (nSPS) is 15.6. The molecule has 0 spiro atoms. The van der Waals surface area contributed by atoms with Crippen molar-refractivity contribution in [3.05, 3.63) is 5.82 Å². The maximum Gasteiger partial charge on any atom is 0.149 e. The predicted molar refractivity (Wildman–Crippen MR) is 49.9 cm³/mol. The molecule has 74 valence electrons. The van der Waals surface area contributed by atoms with Crippen LogP contribution in [0.15, 0.2) is 0 Å². The monoisotopic (exact) mass is 183 g/mol. The van der Waals surface area contributed by atoms with Crippen LogP contribution in [-0.2, 0) is 6.42 Å². The van der Waals surface area contributed by atoms with Gasteiger partial charge in [0, 0.05) is 12.5 Å². The molecule has 0 aliphatic carbocycles. The van der Waals surface area contributed by atoms with E-state index in [4.69, 9.17) is 5.73 Å². The molecule has 1 aromatic heterocycles. The lowest BCUT2D eigenvalue weighted by atomic mass is 9.98. The molecule has 1 aromatic rings. The standard InChI is InChI=1S/C8H17N5/c1-3-6(2)4-7(9)5-8-10-12-13-11-8/h6-7H,3-5,9H2,1-2H3,(H,10,11,12,13). The van der Waals surface area contributed by atoms with E-state index in [0.29, 0.717) is 5.92 Å². The number of aromatic amines is 1. The van der Waals surface area contributed by atoms with Crippen LogP contribution in [0.1, 0.15) is 32.5 Å². The highest BCUT2D eigenvalue weighted by molar-refractivity contribution is 4.82. The van der Waals surface area contributed by atoms with Gasteiger partial charge in [-0.2, -0.15) is 0 Å². The first-order chi connectivity index (χ1) is 6.22. The lowest BCUT2D eigenvalue weighted by Gasteiger charge is -2.13. The first-order valence-corrected chi connectivity index (χ1v) is 4.70. The highest BCUT2D eigenvalue weighted by Crippen LogP contribution is 2.10. The molecule has 2 unspecified atom stereocenters. The molecule has 3 N–H and O–H groups in total. The Kier molecular flexibility index (Phi) is 3.82. The van der Waals surface area contributed by atoms with Crippen LogP contribution in [0.5, 0.6) is 0 Å². The summed E-state index contributed by atoms with van der Waals surface area (Å²) < 4.78 is 0. The minimum Gasteiger partial charge on any atom is -0.327 e. The minimum atomic E-state index is 0.157. The molecule has 5 nitrogen and oxygen atoms in total. The van der Waals surface area contributed by atoms with Crippen LogP contribution in [0.25, 0.3) is 0 Å². The van der Waals surface area contributed by atoms with Gasteiger partial charge in [0.15, 0.2) is 0 Å². The zero-order chi connectivity index (χ0) is 9.68. The van der Waals surface area contributed by atoms with E-state index in [0.717, 1.165) is 18.7 Å². The van der Waals surface area contributed by atoms with E-state index >= 15 is 0 Å². The summed E-state index contributed by atoms with van der Waals surface area (Å²) in [6.07, 6.45) is 2.93. The Hall–Kier alpha value is -0.970. The first kappa shape index (κ1) is 10.1. The van der Waals surface area contributed by atoms with Crippen LogP contribution < -0.4 is 5.73 Å². The highest BCUT2D eigenvalue weighted by Gasteiger charge is 2.10. The molecule has 1 heterocycles. The summed E-state index contributed by atoms with van der Waals surface area (Å²) >= 11 is 0. The van der Waals surface area contributed by atoms with Crippen molar-refractivity contribution in [3.63, 3.8) is 0 Å². The molecule has 13 heavy (non-hydrogen) atoms. The molecular weight excluding hydrogens is 166 g/mol. The van der Waals surface area contributed by atoms with E-state index in [-0.39, 0.29) is 6.04 Å². The number of H-pyrrole nitrogens is 1. The van der Waals surface area contributed by atoms with Gasteiger partial charge in [-0.25, -0.2) is 5.10 Å². The number of tetrazole rings is 1. The van der Waals surface area contributed by atoms with Gasteiger partial charge >= 0.3 is 0 Å². The minimum absolute atomic E-state index is 0.157. The molecule has 1 rings (SSSR count). The third-order valence-electron chi connectivity index (χ3n) is 2.25. The summed E-state index contributed by atoms with van der Waals surface area (Å²) in [7, 11) is 0. The number of hydrogen-bond donors (Lipinski definition) is 2. The van der Waals surface area contributed by atoms with Gasteiger partial charge in [0.1, 0.15) is 5.82 Å². The number of nitrogens with zero attached hydrogens (tertiary/aromatic N) is 3. The van der Waals surface area contributed by atoms with Crippen molar-refractivity contribution in [3.8, 4) is 0 Å². The third-order valence-corrected chi connectivity index (χ3v) is 2.25. The van der Waals surface area contributed by atoms with Gasteiger partial charge in [-0.3, -0.25) is 0 Å². The van der Waals surface area contributed by atoms with Crippen molar-refractivity contribution in [2.24, 2.45) is 11.7 Å². The van der Waals surface area contributed by atoms with Crippen molar-refractivity contribution < 1.29 is 0 Å². The van der Waals surface area contributed by atoms with E-state index in [2.05, 4.69) is 34.5 Å². The fourth-order valence-electron chi connectivity index (χ4n) is 1.28. The van der Waals surface area contributed by atoms with Gasteiger partial charge in [0.05, 0.1) is 0 Å². The summed E-state index contributed by atoms with van der Waals surface area (Å²) in [6, 6.07) is 0.157. The van der Waals surface area contributed by atoms with Gasteiger partial charge in [-0.05, 0) is 22.8 Å². The Bertz CT molecular complexity index is 220. The molecule has 0 amide bonds. The highest BCUT2D eigenvalue weighted by atomic mass is 15.5. The second-order valence-corrected chi connectivity index (χ2v) is 3.56. The first-order valence-electron chi connectivity index (χ1n) is 4.70. The second-order valence-electron chi connectivity index (χ2n) is 3.56. The van der Waals surface area contributed by atoms with Gasteiger partial charge in [0.25, 0.3) is 0 Å². The van der Waals surface area contributed by atoms with Crippen LogP contribution in [-0.4, -0.2) is 26.7 Å². The van der Waals surface area contributed by atoms with Crippen LogP contribution in [0, 0.1) is 5.92 Å². The van der Waals surface area contributed by atoms with Crippen molar-refractivity contribution >= 4 is 0 Å². The Balaban J connectivity index is 2.29. The van der Waals surface area contributed by atoms with Crippen molar-refractivity contribution in [1.82, 2.24) is 20.6 Å². The van der Waals surface area contributed by atoms with Crippen LogP contribution in [0.4, 0.5) is 0 Å². The summed E-state index contributed by atoms with van der Waals surface area (Å²) in [5.74, 6) is 1.45. The van der Waals surface area contributed by atoms with E-state index in [1.165, 1.54) is 6.42 Å². The Morgan fingerprint density at radius 2 is 2.31 bits per heavy atom. The molecule has 5 heteroatoms. The molecule has 0 aromatic carbocycles. The van der Waals surface area contributed by atoms with Gasteiger partial charge in [-0.15, -0.1) is 5.10 Å². The number of aromatic nitrogens is 4. The lowest BCUT2D eigenvalue weighted by molar-refractivity contribution is 0.446. The zero-order valence-electron chi connectivity index (χ0n) is 8.20. The zero-order valence-corrected chi connectivity index (χ0v) is 8.20. The molecular formula is C8H17N5. The van der Waals surface area contributed by atoms with Crippen molar-refractivity contribution in [2.45, 2.75) is 39.2 Å². The number of rotatable bonds is 5. The number of nitrogens with two attached hydrogens (primary N) is 1. The van der Waals surface area contributed by atoms with Gasteiger partial charge in [-0.1, -0.05) is 20.3 Å². The number of nitrogens with one attached hydrogen (secondary N) is 1.